The van der Waals surface area contributed by atoms with Crippen molar-refractivity contribution in [1.29, 1.82) is 0 Å². The molecule has 0 bridgehead atoms. The maximum absolute atomic E-state index is 12.0. The minimum Gasteiger partial charge on any atom is -0.447 e. The summed E-state index contributed by atoms with van der Waals surface area (Å²) >= 11 is 0. The molecule has 1 aromatic carbocycles. The predicted molar refractivity (Wildman–Crippen MR) is 102 cm³/mol. The summed E-state index contributed by atoms with van der Waals surface area (Å²) in [6, 6.07) is 11.4. The number of hydrogen-bond donors (Lipinski definition) is 0. The van der Waals surface area contributed by atoms with Crippen LogP contribution in [0.15, 0.2) is 30.3 Å². The summed E-state index contributed by atoms with van der Waals surface area (Å²) in [6.07, 6.45) is 4.49. The number of piperazine rings is 1. The zero-order valence-electron chi connectivity index (χ0n) is 15.9. The third-order valence-corrected chi connectivity index (χ3v) is 6.66. The fourth-order valence-electron chi connectivity index (χ4n) is 4.85. The number of benzene rings is 1. The van der Waals surface area contributed by atoms with E-state index in [0.717, 1.165) is 39.0 Å². The number of fused-ring (bicyclic) bond motifs is 1. The van der Waals surface area contributed by atoms with Gasteiger partial charge in [-0.1, -0.05) is 37.3 Å². The highest BCUT2D eigenvalue weighted by Crippen LogP contribution is 2.33. The number of cyclic esters (lactones) is 1. The molecule has 0 saturated carbocycles. The Labute approximate surface area is 156 Å². The molecule has 3 aliphatic heterocycles. The Morgan fingerprint density at radius 2 is 1.88 bits per heavy atom. The maximum Gasteiger partial charge on any atom is 0.410 e. The van der Waals surface area contributed by atoms with Crippen LogP contribution in [0, 0.1) is 0 Å². The number of likely N-dealkylation sites (tertiary alicyclic amines) is 1. The fourth-order valence-corrected chi connectivity index (χ4v) is 4.85. The van der Waals surface area contributed by atoms with Crippen LogP contribution in [0.2, 0.25) is 0 Å². The number of hydrogen-bond acceptors (Lipinski definition) is 4. The Hall–Kier alpha value is -1.59. The normalized spacial score (nSPS) is 28.2. The van der Waals surface area contributed by atoms with E-state index in [9.17, 15) is 4.79 Å². The fraction of sp³-hybridized carbons (Fsp3) is 0.667. The first-order chi connectivity index (χ1) is 12.7. The highest BCUT2D eigenvalue weighted by atomic mass is 16.6. The van der Waals surface area contributed by atoms with Gasteiger partial charge in [0.1, 0.15) is 6.61 Å². The Kier molecular flexibility index (Phi) is 5.18. The molecule has 0 N–H and O–H groups in total. The molecule has 3 fully saturated rings. The topological polar surface area (TPSA) is 36.0 Å². The average molecular weight is 357 g/mol. The zero-order chi connectivity index (χ0) is 18.0. The van der Waals surface area contributed by atoms with Crippen molar-refractivity contribution in [1.82, 2.24) is 14.7 Å². The summed E-state index contributed by atoms with van der Waals surface area (Å²) in [5.41, 5.74) is 1.35. The van der Waals surface area contributed by atoms with Crippen molar-refractivity contribution in [3.05, 3.63) is 35.9 Å². The smallest absolute Gasteiger partial charge is 0.410 e. The standard InChI is InChI=1S/C21H31N3O2/c1-2-21-16-23(14-15-24(21)20(25)26-17-21)19-9-12-22(13-10-19)11-8-18-6-4-3-5-7-18/h3-7,19H,2,8-17H2,1H3. The highest BCUT2D eigenvalue weighted by Gasteiger charge is 2.50. The van der Waals surface area contributed by atoms with Crippen LogP contribution in [0.4, 0.5) is 4.79 Å². The van der Waals surface area contributed by atoms with Crippen LogP contribution in [-0.4, -0.2) is 78.2 Å². The van der Waals surface area contributed by atoms with Crippen LogP contribution in [0.5, 0.6) is 0 Å². The monoisotopic (exact) mass is 357 g/mol. The van der Waals surface area contributed by atoms with E-state index in [1.807, 2.05) is 4.90 Å². The molecule has 0 aromatic heterocycles. The van der Waals surface area contributed by atoms with E-state index in [1.165, 1.54) is 31.5 Å². The molecule has 142 valence electrons. The molecule has 1 unspecified atom stereocenters. The first kappa shape index (κ1) is 17.8. The molecule has 5 heteroatoms. The van der Waals surface area contributed by atoms with Gasteiger partial charge < -0.3 is 9.64 Å². The molecule has 1 atom stereocenters. The van der Waals surface area contributed by atoms with Crippen molar-refractivity contribution in [2.75, 3.05) is 45.9 Å². The quantitative estimate of drug-likeness (QED) is 0.812. The lowest BCUT2D eigenvalue weighted by molar-refractivity contribution is 0.00696. The van der Waals surface area contributed by atoms with Gasteiger partial charge in [0.05, 0.1) is 5.54 Å². The largest absolute Gasteiger partial charge is 0.447 e. The summed E-state index contributed by atoms with van der Waals surface area (Å²) in [4.78, 5) is 19.2. The summed E-state index contributed by atoms with van der Waals surface area (Å²) in [5.74, 6) is 0. The summed E-state index contributed by atoms with van der Waals surface area (Å²) in [5, 5.41) is 0. The van der Waals surface area contributed by atoms with Gasteiger partial charge in [-0.2, -0.15) is 0 Å². The van der Waals surface area contributed by atoms with Crippen molar-refractivity contribution in [2.24, 2.45) is 0 Å². The van der Waals surface area contributed by atoms with Crippen molar-refractivity contribution < 1.29 is 9.53 Å². The molecule has 0 radical (unpaired) electrons. The van der Waals surface area contributed by atoms with Crippen molar-refractivity contribution >= 4 is 6.09 Å². The lowest BCUT2D eigenvalue weighted by atomic mass is 9.90. The van der Waals surface area contributed by atoms with Gasteiger partial charge in [0.15, 0.2) is 0 Å². The van der Waals surface area contributed by atoms with Gasteiger partial charge in [0, 0.05) is 32.2 Å². The molecule has 4 rings (SSSR count). The van der Waals surface area contributed by atoms with Gasteiger partial charge >= 0.3 is 6.09 Å². The highest BCUT2D eigenvalue weighted by molar-refractivity contribution is 5.71. The van der Waals surface area contributed by atoms with Gasteiger partial charge in [-0.25, -0.2) is 4.79 Å². The first-order valence-corrected chi connectivity index (χ1v) is 10.1. The molecule has 0 spiro atoms. The molecular weight excluding hydrogens is 326 g/mol. The van der Waals surface area contributed by atoms with Crippen LogP contribution in [-0.2, 0) is 11.2 Å². The minimum absolute atomic E-state index is 0.0836. The van der Waals surface area contributed by atoms with Crippen LogP contribution in [0.25, 0.3) is 0 Å². The van der Waals surface area contributed by atoms with Crippen LogP contribution in [0.3, 0.4) is 0 Å². The van der Waals surface area contributed by atoms with E-state index in [-0.39, 0.29) is 11.6 Å². The maximum atomic E-state index is 12.0. The lowest BCUT2D eigenvalue weighted by Gasteiger charge is -2.48. The molecule has 0 aliphatic carbocycles. The number of nitrogens with zero attached hydrogens (tertiary/aromatic N) is 3. The van der Waals surface area contributed by atoms with E-state index in [0.29, 0.717) is 12.6 Å². The minimum atomic E-state index is -0.109. The third kappa shape index (κ3) is 3.47. The second-order valence-corrected chi connectivity index (χ2v) is 8.06. The Bertz CT molecular complexity index is 615. The second kappa shape index (κ2) is 7.57. The molecule has 3 saturated heterocycles. The molecular formula is C21H31N3O2. The Morgan fingerprint density at radius 1 is 1.12 bits per heavy atom. The zero-order valence-corrected chi connectivity index (χ0v) is 15.9. The Morgan fingerprint density at radius 3 is 2.62 bits per heavy atom. The van der Waals surface area contributed by atoms with Gasteiger partial charge in [-0.05, 0) is 44.3 Å². The molecule has 1 amide bonds. The lowest BCUT2D eigenvalue weighted by Crippen LogP contribution is -2.63. The second-order valence-electron chi connectivity index (χ2n) is 8.06. The average Bonchev–Trinajstić information content (AvgIpc) is 3.04. The molecule has 3 aliphatic rings. The Balaban J connectivity index is 1.28. The van der Waals surface area contributed by atoms with Gasteiger partial charge in [-0.15, -0.1) is 0 Å². The van der Waals surface area contributed by atoms with Gasteiger partial charge in [0.2, 0.25) is 0 Å². The van der Waals surface area contributed by atoms with E-state index in [2.05, 4.69) is 47.1 Å². The summed E-state index contributed by atoms with van der Waals surface area (Å²) in [7, 11) is 0. The molecule has 26 heavy (non-hydrogen) atoms. The van der Waals surface area contributed by atoms with Crippen molar-refractivity contribution in [3.63, 3.8) is 0 Å². The van der Waals surface area contributed by atoms with Crippen molar-refractivity contribution in [3.8, 4) is 0 Å². The molecule has 1 aromatic rings. The molecule has 5 nitrogen and oxygen atoms in total. The van der Waals surface area contributed by atoms with Crippen LogP contribution >= 0.6 is 0 Å². The third-order valence-electron chi connectivity index (χ3n) is 6.66. The van der Waals surface area contributed by atoms with Crippen LogP contribution < -0.4 is 0 Å². The SMILES string of the molecule is CCC12COC(=O)N1CCN(C1CCN(CCc3ccccc3)CC1)C2. The molecule has 3 heterocycles. The number of carbonyl (C=O) groups is 1. The van der Waals surface area contributed by atoms with E-state index in [4.69, 9.17) is 4.74 Å². The number of ether oxygens (including phenoxy) is 1. The first-order valence-electron chi connectivity index (χ1n) is 10.1. The van der Waals surface area contributed by atoms with Gasteiger partial charge in [0.25, 0.3) is 0 Å². The van der Waals surface area contributed by atoms with E-state index < -0.39 is 0 Å². The van der Waals surface area contributed by atoms with E-state index in [1.54, 1.807) is 0 Å². The van der Waals surface area contributed by atoms with Crippen molar-refractivity contribution in [2.45, 2.75) is 44.2 Å². The predicted octanol–water partition coefficient (Wildman–Crippen LogP) is 2.61. The number of piperidine rings is 1. The number of amides is 1. The number of carbonyl (C=O) groups excluding carboxylic acids is 1. The summed E-state index contributed by atoms with van der Waals surface area (Å²) in [6.45, 7) is 9.07. The summed E-state index contributed by atoms with van der Waals surface area (Å²) < 4.78 is 5.37. The van der Waals surface area contributed by atoms with E-state index >= 15 is 0 Å². The van der Waals surface area contributed by atoms with Gasteiger partial charge in [-0.3, -0.25) is 9.80 Å². The van der Waals surface area contributed by atoms with Crippen LogP contribution in [0.1, 0.15) is 31.7 Å². The number of rotatable bonds is 5.